The molecule has 0 bridgehead atoms. The second kappa shape index (κ2) is 5.84. The second-order valence-corrected chi connectivity index (χ2v) is 4.18. The topological polar surface area (TPSA) is 64.8 Å². The first kappa shape index (κ1) is 12.9. The van der Waals surface area contributed by atoms with Crippen LogP contribution in [0.3, 0.4) is 0 Å². The van der Waals surface area contributed by atoms with E-state index in [0.717, 1.165) is 12.2 Å². The number of nitrogens with zero attached hydrogens (tertiary/aromatic N) is 1. The first-order valence-electron chi connectivity index (χ1n) is 6.00. The summed E-state index contributed by atoms with van der Waals surface area (Å²) >= 11 is 0. The number of carbonyl (C=O) groups is 1. The number of carbonyl (C=O) groups excluding carboxylic acids is 1. The number of ether oxygens (including phenoxy) is 2. The van der Waals surface area contributed by atoms with Crippen LogP contribution in [0.1, 0.15) is 10.4 Å². The van der Waals surface area contributed by atoms with Crippen LogP contribution in [0.25, 0.3) is 0 Å². The van der Waals surface area contributed by atoms with E-state index in [1.807, 2.05) is 18.2 Å². The molecule has 2 rings (SSSR count). The van der Waals surface area contributed by atoms with Crippen LogP contribution in [0.4, 0.5) is 5.69 Å². The van der Waals surface area contributed by atoms with Crippen molar-refractivity contribution in [2.75, 3.05) is 38.3 Å². The van der Waals surface area contributed by atoms with E-state index in [1.54, 1.807) is 6.07 Å². The molecule has 98 valence electrons. The zero-order valence-corrected chi connectivity index (χ0v) is 10.5. The summed E-state index contributed by atoms with van der Waals surface area (Å²) in [6.07, 6.45) is 0.0180. The average molecular weight is 250 g/mol. The molecule has 2 N–H and O–H groups in total. The van der Waals surface area contributed by atoms with E-state index >= 15 is 0 Å². The summed E-state index contributed by atoms with van der Waals surface area (Å²) in [6.45, 7) is 2.56. The Bertz CT molecular complexity index is 422. The summed E-state index contributed by atoms with van der Waals surface area (Å²) in [7, 11) is 1.39. The lowest BCUT2D eigenvalue weighted by atomic mass is 10.1. The van der Waals surface area contributed by atoms with E-state index in [9.17, 15) is 4.79 Å². The van der Waals surface area contributed by atoms with Crippen LogP contribution in [-0.2, 0) is 9.47 Å². The lowest BCUT2D eigenvalue weighted by Crippen LogP contribution is -2.46. The fourth-order valence-electron chi connectivity index (χ4n) is 2.11. The smallest absolute Gasteiger partial charge is 0.339 e. The molecular formula is C13H18N2O3. The van der Waals surface area contributed by atoms with Gasteiger partial charge in [-0.15, -0.1) is 0 Å². The standard InChI is InChI=1S/C13H18N2O3/c1-17-13(16)11-4-2-3-5-12(11)15-6-7-18-10(8-14)9-15/h2-5,10H,6-9,14H2,1H3. The molecule has 1 aliphatic heterocycles. The van der Waals surface area contributed by atoms with E-state index in [4.69, 9.17) is 15.2 Å². The van der Waals surface area contributed by atoms with Gasteiger partial charge in [-0.25, -0.2) is 4.79 Å². The minimum Gasteiger partial charge on any atom is -0.465 e. The Morgan fingerprint density at radius 1 is 1.56 bits per heavy atom. The fraction of sp³-hybridized carbons (Fsp3) is 0.462. The predicted molar refractivity (Wildman–Crippen MR) is 68.8 cm³/mol. The Kier molecular flexibility index (Phi) is 4.17. The molecule has 5 heteroatoms. The summed E-state index contributed by atoms with van der Waals surface area (Å²) < 4.78 is 10.3. The average Bonchev–Trinajstić information content (AvgIpc) is 2.46. The SMILES string of the molecule is COC(=O)c1ccccc1N1CCOC(CN)C1. The van der Waals surface area contributed by atoms with E-state index in [1.165, 1.54) is 7.11 Å². The molecule has 0 amide bonds. The summed E-state index contributed by atoms with van der Waals surface area (Å²) in [5.41, 5.74) is 7.09. The highest BCUT2D eigenvalue weighted by molar-refractivity contribution is 5.95. The van der Waals surface area contributed by atoms with Crippen molar-refractivity contribution in [1.82, 2.24) is 0 Å². The van der Waals surface area contributed by atoms with Gasteiger partial charge < -0.3 is 20.1 Å². The predicted octanol–water partition coefficient (Wildman–Crippen LogP) is 0.637. The summed E-state index contributed by atoms with van der Waals surface area (Å²) in [5.74, 6) is -0.318. The Hall–Kier alpha value is -1.59. The van der Waals surface area contributed by atoms with Gasteiger partial charge in [-0.2, -0.15) is 0 Å². The lowest BCUT2D eigenvalue weighted by molar-refractivity contribution is 0.0460. The van der Waals surface area contributed by atoms with Crippen LogP contribution in [0.15, 0.2) is 24.3 Å². The minimum absolute atomic E-state index is 0.0180. The summed E-state index contributed by atoms with van der Waals surface area (Å²) in [4.78, 5) is 13.8. The van der Waals surface area contributed by atoms with Gasteiger partial charge in [-0.1, -0.05) is 12.1 Å². The number of morpholine rings is 1. The van der Waals surface area contributed by atoms with Crippen LogP contribution in [0, 0.1) is 0 Å². The van der Waals surface area contributed by atoms with Crippen molar-refractivity contribution in [3.63, 3.8) is 0 Å². The van der Waals surface area contributed by atoms with Crippen molar-refractivity contribution in [1.29, 1.82) is 0 Å². The number of methoxy groups -OCH3 is 1. The van der Waals surface area contributed by atoms with Crippen molar-refractivity contribution < 1.29 is 14.3 Å². The number of hydrogen-bond donors (Lipinski definition) is 1. The molecule has 0 saturated carbocycles. The number of nitrogens with two attached hydrogens (primary N) is 1. The number of rotatable bonds is 3. The molecule has 1 aromatic rings. The molecule has 0 aromatic heterocycles. The molecule has 0 aliphatic carbocycles. The van der Waals surface area contributed by atoms with Gasteiger partial charge in [0.1, 0.15) is 0 Å². The van der Waals surface area contributed by atoms with Crippen molar-refractivity contribution in [3.05, 3.63) is 29.8 Å². The van der Waals surface area contributed by atoms with Crippen LogP contribution in [0.2, 0.25) is 0 Å². The third kappa shape index (κ3) is 2.63. The first-order valence-corrected chi connectivity index (χ1v) is 6.00. The summed E-state index contributed by atoms with van der Waals surface area (Å²) in [6, 6.07) is 7.44. The highest BCUT2D eigenvalue weighted by atomic mass is 16.5. The maximum Gasteiger partial charge on any atom is 0.339 e. The van der Waals surface area contributed by atoms with Gasteiger partial charge in [0.2, 0.25) is 0 Å². The van der Waals surface area contributed by atoms with Crippen LogP contribution in [-0.4, -0.2) is 45.4 Å². The molecule has 1 saturated heterocycles. The molecule has 5 nitrogen and oxygen atoms in total. The molecule has 1 unspecified atom stereocenters. The number of benzene rings is 1. The van der Waals surface area contributed by atoms with E-state index in [2.05, 4.69) is 4.90 Å². The minimum atomic E-state index is -0.318. The number of para-hydroxylation sites is 1. The Balaban J connectivity index is 2.24. The molecule has 18 heavy (non-hydrogen) atoms. The quantitative estimate of drug-likeness (QED) is 0.797. The Morgan fingerprint density at radius 2 is 2.33 bits per heavy atom. The maximum atomic E-state index is 11.7. The van der Waals surface area contributed by atoms with Crippen molar-refractivity contribution in [2.45, 2.75) is 6.10 Å². The highest BCUT2D eigenvalue weighted by Gasteiger charge is 2.23. The van der Waals surface area contributed by atoms with E-state index < -0.39 is 0 Å². The molecule has 1 aromatic carbocycles. The molecule has 1 heterocycles. The van der Waals surface area contributed by atoms with Crippen molar-refractivity contribution >= 4 is 11.7 Å². The van der Waals surface area contributed by atoms with Gasteiger partial charge in [0.05, 0.1) is 31.1 Å². The van der Waals surface area contributed by atoms with Crippen molar-refractivity contribution in [3.8, 4) is 0 Å². The third-order valence-electron chi connectivity index (χ3n) is 3.05. The van der Waals surface area contributed by atoms with E-state index in [0.29, 0.717) is 25.3 Å². The first-order chi connectivity index (χ1) is 8.76. The number of esters is 1. The normalized spacial score (nSPS) is 19.7. The zero-order valence-electron chi connectivity index (χ0n) is 10.5. The fourth-order valence-corrected chi connectivity index (χ4v) is 2.11. The van der Waals surface area contributed by atoms with Gasteiger partial charge >= 0.3 is 5.97 Å². The van der Waals surface area contributed by atoms with Crippen LogP contribution >= 0.6 is 0 Å². The third-order valence-corrected chi connectivity index (χ3v) is 3.05. The van der Waals surface area contributed by atoms with E-state index in [-0.39, 0.29) is 12.1 Å². The van der Waals surface area contributed by atoms with Gasteiger partial charge in [0, 0.05) is 19.6 Å². The maximum absolute atomic E-state index is 11.7. The summed E-state index contributed by atoms with van der Waals surface area (Å²) in [5, 5.41) is 0. The second-order valence-electron chi connectivity index (χ2n) is 4.18. The van der Waals surface area contributed by atoms with Gasteiger partial charge in [-0.3, -0.25) is 0 Å². The van der Waals surface area contributed by atoms with Gasteiger partial charge in [0.25, 0.3) is 0 Å². The molecule has 1 fully saturated rings. The lowest BCUT2D eigenvalue weighted by Gasteiger charge is -2.34. The van der Waals surface area contributed by atoms with Gasteiger partial charge in [0.15, 0.2) is 0 Å². The Labute approximate surface area is 106 Å². The molecular weight excluding hydrogens is 232 g/mol. The van der Waals surface area contributed by atoms with Crippen LogP contribution in [0.5, 0.6) is 0 Å². The van der Waals surface area contributed by atoms with Crippen molar-refractivity contribution in [2.24, 2.45) is 5.73 Å². The molecule has 0 spiro atoms. The number of hydrogen-bond acceptors (Lipinski definition) is 5. The van der Waals surface area contributed by atoms with Crippen LogP contribution < -0.4 is 10.6 Å². The molecule has 0 radical (unpaired) electrons. The largest absolute Gasteiger partial charge is 0.465 e. The Morgan fingerprint density at radius 3 is 3.06 bits per heavy atom. The van der Waals surface area contributed by atoms with Gasteiger partial charge in [-0.05, 0) is 12.1 Å². The number of anilines is 1. The molecule has 1 atom stereocenters. The zero-order chi connectivity index (χ0) is 13.0. The molecule has 1 aliphatic rings. The highest BCUT2D eigenvalue weighted by Crippen LogP contribution is 2.23. The monoisotopic (exact) mass is 250 g/mol.